The first-order chi connectivity index (χ1) is 13.6. The minimum absolute atomic E-state index is 0.0278. The van der Waals surface area contributed by atoms with Gasteiger partial charge in [0.25, 0.3) is 5.69 Å². The highest BCUT2D eigenvalue weighted by Gasteiger charge is 2.23. The molecule has 1 aliphatic rings. The molecule has 1 saturated heterocycles. The lowest BCUT2D eigenvalue weighted by Gasteiger charge is -2.30. The van der Waals surface area contributed by atoms with Gasteiger partial charge in [-0.1, -0.05) is 12.1 Å². The maximum atomic E-state index is 12.1. The monoisotopic (exact) mass is 413 g/mol. The van der Waals surface area contributed by atoms with Crippen molar-refractivity contribution in [3.8, 4) is 0 Å². The first-order valence-corrected chi connectivity index (χ1v) is 11.3. The molecule has 1 aromatic carbocycles. The van der Waals surface area contributed by atoms with Crippen LogP contribution in [0.15, 0.2) is 24.3 Å². The molecule has 1 aromatic rings. The van der Waals surface area contributed by atoms with E-state index in [9.17, 15) is 19.6 Å². The maximum absolute atomic E-state index is 12.1. The molecule has 2 rings (SSSR count). The van der Waals surface area contributed by atoms with E-state index in [-0.39, 0.29) is 5.69 Å². The Kier molecular flexibility index (Phi) is 10.6. The SMILES string of the molecule is O=[N+]([O-])c1ccc(CC(N2CCCNCCNCCCNCC2)[PH](=O)O)cc1. The number of hydrogen-bond donors (Lipinski definition) is 4. The molecule has 28 heavy (non-hydrogen) atoms. The number of benzene rings is 1. The van der Waals surface area contributed by atoms with Crippen LogP contribution in [0.25, 0.3) is 0 Å². The van der Waals surface area contributed by atoms with Gasteiger partial charge >= 0.3 is 0 Å². The van der Waals surface area contributed by atoms with Crippen LogP contribution in [0.3, 0.4) is 0 Å². The normalized spacial score (nSPS) is 20.8. The van der Waals surface area contributed by atoms with Gasteiger partial charge in [0.05, 0.1) is 10.7 Å². The molecule has 1 fully saturated rings. The third-order valence-corrected chi connectivity index (χ3v) is 6.00. The van der Waals surface area contributed by atoms with Crippen LogP contribution in [0.5, 0.6) is 0 Å². The van der Waals surface area contributed by atoms with Gasteiger partial charge in [0.15, 0.2) is 0 Å². The van der Waals surface area contributed by atoms with Crippen LogP contribution in [0, 0.1) is 10.1 Å². The summed E-state index contributed by atoms with van der Waals surface area (Å²) in [5.41, 5.74) is 0.861. The fourth-order valence-corrected chi connectivity index (χ4v) is 4.27. The topological polar surface area (TPSA) is 120 Å². The molecule has 9 nitrogen and oxygen atoms in total. The first kappa shape index (κ1) is 22.9. The van der Waals surface area contributed by atoms with E-state index in [1.165, 1.54) is 12.1 Å². The van der Waals surface area contributed by atoms with Crippen molar-refractivity contribution in [2.75, 3.05) is 52.4 Å². The van der Waals surface area contributed by atoms with Crippen molar-refractivity contribution in [2.24, 2.45) is 0 Å². The molecule has 2 unspecified atom stereocenters. The number of rotatable bonds is 5. The summed E-state index contributed by atoms with van der Waals surface area (Å²) in [6.45, 7) is 6.80. The van der Waals surface area contributed by atoms with Gasteiger partial charge in [0.2, 0.25) is 8.03 Å². The minimum Gasteiger partial charge on any atom is -0.345 e. The van der Waals surface area contributed by atoms with Crippen molar-refractivity contribution in [3.63, 3.8) is 0 Å². The Morgan fingerprint density at radius 3 is 2.21 bits per heavy atom. The molecule has 0 bridgehead atoms. The summed E-state index contributed by atoms with van der Waals surface area (Å²) in [7, 11) is -2.79. The van der Waals surface area contributed by atoms with Crippen LogP contribution in [0.1, 0.15) is 18.4 Å². The molecule has 0 aliphatic carbocycles. The average molecular weight is 413 g/mol. The lowest BCUT2D eigenvalue weighted by molar-refractivity contribution is -0.384. The highest BCUT2D eigenvalue weighted by molar-refractivity contribution is 7.38. The zero-order chi connectivity index (χ0) is 20.2. The second kappa shape index (κ2) is 13.0. The Bertz CT molecular complexity index is 602. The molecule has 1 aliphatic heterocycles. The molecule has 0 spiro atoms. The van der Waals surface area contributed by atoms with Crippen molar-refractivity contribution in [1.82, 2.24) is 20.9 Å². The number of non-ortho nitro benzene ring substituents is 1. The van der Waals surface area contributed by atoms with Gasteiger partial charge in [0, 0.05) is 44.9 Å². The van der Waals surface area contributed by atoms with E-state index in [4.69, 9.17) is 0 Å². The van der Waals surface area contributed by atoms with E-state index < -0.39 is 18.7 Å². The summed E-state index contributed by atoms with van der Waals surface area (Å²) < 4.78 is 12.1. The summed E-state index contributed by atoms with van der Waals surface area (Å²) in [5.74, 6) is -0.470. The van der Waals surface area contributed by atoms with Gasteiger partial charge in [-0.25, -0.2) is 0 Å². The maximum Gasteiger partial charge on any atom is 0.269 e. The molecule has 0 saturated carbocycles. The van der Waals surface area contributed by atoms with Crippen LogP contribution in [0.2, 0.25) is 0 Å². The van der Waals surface area contributed by atoms with Crippen LogP contribution in [0.4, 0.5) is 5.69 Å². The minimum atomic E-state index is -2.79. The highest BCUT2D eigenvalue weighted by atomic mass is 31.1. The number of hydrogen-bond acceptors (Lipinski definition) is 7. The zero-order valence-corrected chi connectivity index (χ0v) is 17.2. The Labute approximate surface area is 166 Å². The summed E-state index contributed by atoms with van der Waals surface area (Å²) in [5, 5.41) is 21.0. The molecule has 0 aromatic heterocycles. The summed E-state index contributed by atoms with van der Waals surface area (Å²) in [4.78, 5) is 22.5. The fraction of sp³-hybridized carbons (Fsp3) is 0.667. The Morgan fingerprint density at radius 2 is 1.61 bits per heavy atom. The van der Waals surface area contributed by atoms with Gasteiger partial charge in [-0.05, 0) is 44.5 Å². The summed E-state index contributed by atoms with van der Waals surface area (Å²) >= 11 is 0. The average Bonchev–Trinajstić information content (AvgIpc) is 2.68. The van der Waals surface area contributed by atoms with Crippen LogP contribution in [-0.4, -0.2) is 72.9 Å². The second-order valence-corrected chi connectivity index (χ2v) is 8.32. The van der Waals surface area contributed by atoms with E-state index in [1.807, 2.05) is 0 Å². The number of nitro groups is 1. The number of nitrogens with one attached hydrogen (secondary N) is 3. The van der Waals surface area contributed by atoms with Crippen molar-refractivity contribution < 1.29 is 14.4 Å². The van der Waals surface area contributed by atoms with Gasteiger partial charge in [-0.2, -0.15) is 0 Å². The molecule has 4 N–H and O–H groups in total. The van der Waals surface area contributed by atoms with Crippen molar-refractivity contribution >= 4 is 13.7 Å². The third-order valence-electron chi connectivity index (χ3n) is 4.86. The lowest BCUT2D eigenvalue weighted by atomic mass is 10.1. The van der Waals surface area contributed by atoms with Gasteiger partial charge in [0.1, 0.15) is 0 Å². The van der Waals surface area contributed by atoms with Crippen molar-refractivity contribution in [2.45, 2.75) is 25.0 Å². The van der Waals surface area contributed by atoms with Gasteiger partial charge < -0.3 is 20.8 Å². The van der Waals surface area contributed by atoms with E-state index in [2.05, 4.69) is 20.9 Å². The van der Waals surface area contributed by atoms with E-state index in [1.54, 1.807) is 12.1 Å². The third kappa shape index (κ3) is 8.34. The molecule has 0 amide bonds. The quantitative estimate of drug-likeness (QED) is 0.318. The standard InChI is InChI=1S/C18H32N5O4P/c24-23(25)17-5-3-16(4-6-17)15-18(28(26)27)22-13-2-9-20-11-10-19-7-1-8-21-12-14-22/h3-6,18-21,28H,1-2,7-15H2,(H,26,27). The predicted octanol–water partition coefficient (Wildman–Crippen LogP) is 0.795. The Balaban J connectivity index is 2.01. The van der Waals surface area contributed by atoms with E-state index in [0.717, 1.165) is 64.2 Å². The number of nitrogens with zero attached hydrogens (tertiary/aromatic N) is 2. The predicted molar refractivity (Wildman–Crippen MR) is 111 cm³/mol. The first-order valence-electron chi connectivity index (χ1n) is 9.90. The van der Waals surface area contributed by atoms with E-state index >= 15 is 0 Å². The molecular weight excluding hydrogens is 381 g/mol. The fourth-order valence-electron chi connectivity index (χ4n) is 3.29. The van der Waals surface area contributed by atoms with E-state index in [0.29, 0.717) is 13.0 Å². The summed E-state index contributed by atoms with van der Waals surface area (Å²) in [6, 6.07) is 6.24. The van der Waals surface area contributed by atoms with Crippen molar-refractivity contribution in [3.05, 3.63) is 39.9 Å². The second-order valence-electron chi connectivity index (χ2n) is 6.97. The molecule has 10 heteroatoms. The van der Waals surface area contributed by atoms with Gasteiger partial charge in [-0.3, -0.25) is 19.6 Å². The van der Waals surface area contributed by atoms with Crippen LogP contribution < -0.4 is 16.0 Å². The Hall–Kier alpha value is -1.35. The van der Waals surface area contributed by atoms with Crippen molar-refractivity contribution in [1.29, 1.82) is 0 Å². The molecular formula is C18H32N5O4P. The lowest BCUT2D eigenvalue weighted by Crippen LogP contribution is -2.41. The zero-order valence-electron chi connectivity index (χ0n) is 16.2. The number of nitro benzene ring substituents is 1. The molecule has 1 heterocycles. The molecule has 158 valence electrons. The largest absolute Gasteiger partial charge is 0.345 e. The van der Waals surface area contributed by atoms with Crippen LogP contribution in [-0.2, 0) is 11.0 Å². The Morgan fingerprint density at radius 1 is 1.00 bits per heavy atom. The molecule has 2 atom stereocenters. The summed E-state index contributed by atoms with van der Waals surface area (Å²) in [6.07, 6.45) is 2.35. The molecule has 0 radical (unpaired) electrons. The highest BCUT2D eigenvalue weighted by Crippen LogP contribution is 2.29. The van der Waals surface area contributed by atoms with Crippen LogP contribution >= 0.6 is 8.03 Å². The smallest absolute Gasteiger partial charge is 0.269 e. The van der Waals surface area contributed by atoms with Gasteiger partial charge in [-0.15, -0.1) is 0 Å².